The monoisotopic (exact) mass is 326 g/mol. The molecule has 3 rings (SSSR count). The maximum Gasteiger partial charge on any atom is 0.313 e. The van der Waals surface area contributed by atoms with E-state index in [-0.39, 0.29) is 6.54 Å². The van der Waals surface area contributed by atoms with Crippen molar-refractivity contribution in [3.05, 3.63) is 54.2 Å². The van der Waals surface area contributed by atoms with Gasteiger partial charge in [0.15, 0.2) is 5.82 Å². The Morgan fingerprint density at radius 2 is 2.08 bits per heavy atom. The minimum absolute atomic E-state index is 0.142. The van der Waals surface area contributed by atoms with Gasteiger partial charge in [0, 0.05) is 5.69 Å². The fourth-order valence-corrected chi connectivity index (χ4v) is 2.03. The lowest BCUT2D eigenvalue weighted by Gasteiger charge is -2.07. The van der Waals surface area contributed by atoms with Gasteiger partial charge in [-0.15, -0.1) is 5.10 Å². The van der Waals surface area contributed by atoms with E-state index in [1.807, 2.05) is 0 Å². The zero-order valence-corrected chi connectivity index (χ0v) is 12.8. The SMILES string of the molecule is Cc1nnnn1-c1cccc(NC(=O)C(=O)NCc2ccco2)c1. The van der Waals surface area contributed by atoms with Crippen LogP contribution in [0, 0.1) is 6.92 Å². The quantitative estimate of drug-likeness (QED) is 0.686. The van der Waals surface area contributed by atoms with E-state index < -0.39 is 11.8 Å². The number of aryl methyl sites for hydroxylation is 1. The van der Waals surface area contributed by atoms with Crippen LogP contribution in [-0.4, -0.2) is 32.0 Å². The number of rotatable bonds is 4. The second-order valence-electron chi connectivity index (χ2n) is 4.90. The Kier molecular flexibility index (Phi) is 4.32. The first-order valence-electron chi connectivity index (χ1n) is 7.10. The van der Waals surface area contributed by atoms with Gasteiger partial charge in [-0.25, -0.2) is 0 Å². The molecule has 0 fully saturated rings. The molecule has 0 aliphatic heterocycles. The summed E-state index contributed by atoms with van der Waals surface area (Å²) in [4.78, 5) is 23.7. The third-order valence-electron chi connectivity index (χ3n) is 3.18. The minimum Gasteiger partial charge on any atom is -0.467 e. The van der Waals surface area contributed by atoms with Crippen LogP contribution < -0.4 is 10.6 Å². The predicted octanol–water partition coefficient (Wildman–Crippen LogP) is 0.819. The van der Waals surface area contributed by atoms with Crippen molar-refractivity contribution in [2.24, 2.45) is 0 Å². The maximum atomic E-state index is 11.9. The van der Waals surface area contributed by atoms with Crippen LogP contribution in [0.1, 0.15) is 11.6 Å². The second-order valence-corrected chi connectivity index (χ2v) is 4.90. The number of nitrogens with one attached hydrogen (secondary N) is 2. The van der Waals surface area contributed by atoms with Crippen LogP contribution in [0.5, 0.6) is 0 Å². The molecule has 0 radical (unpaired) electrons. The molecule has 2 aromatic heterocycles. The van der Waals surface area contributed by atoms with E-state index in [1.165, 1.54) is 10.9 Å². The largest absolute Gasteiger partial charge is 0.467 e. The van der Waals surface area contributed by atoms with Gasteiger partial charge in [0.25, 0.3) is 0 Å². The summed E-state index contributed by atoms with van der Waals surface area (Å²) in [5.74, 6) is -0.357. The van der Waals surface area contributed by atoms with Crippen molar-refractivity contribution in [3.8, 4) is 5.69 Å². The van der Waals surface area contributed by atoms with Crippen molar-refractivity contribution in [2.75, 3.05) is 5.32 Å². The summed E-state index contributed by atoms with van der Waals surface area (Å²) in [7, 11) is 0. The van der Waals surface area contributed by atoms with Gasteiger partial charge in [0.2, 0.25) is 0 Å². The van der Waals surface area contributed by atoms with Gasteiger partial charge >= 0.3 is 11.8 Å². The van der Waals surface area contributed by atoms with Crippen LogP contribution in [-0.2, 0) is 16.1 Å². The lowest BCUT2D eigenvalue weighted by molar-refractivity contribution is -0.136. The lowest BCUT2D eigenvalue weighted by Crippen LogP contribution is -2.34. The highest BCUT2D eigenvalue weighted by atomic mass is 16.3. The van der Waals surface area contributed by atoms with Crippen LogP contribution in [0.2, 0.25) is 0 Å². The number of carbonyl (C=O) groups excluding carboxylic acids is 2. The molecule has 0 unspecified atom stereocenters. The molecule has 2 amide bonds. The highest BCUT2D eigenvalue weighted by Gasteiger charge is 2.14. The second kappa shape index (κ2) is 6.73. The summed E-state index contributed by atoms with van der Waals surface area (Å²) in [5.41, 5.74) is 1.13. The first kappa shape index (κ1) is 15.4. The molecule has 3 aromatic rings. The Hall–Kier alpha value is -3.49. The molecular weight excluding hydrogens is 312 g/mol. The summed E-state index contributed by atoms with van der Waals surface area (Å²) in [6, 6.07) is 10.3. The molecular formula is C15H14N6O3. The fraction of sp³-hybridized carbons (Fsp3) is 0.133. The van der Waals surface area contributed by atoms with Crippen molar-refractivity contribution >= 4 is 17.5 Å². The van der Waals surface area contributed by atoms with Gasteiger partial charge in [-0.1, -0.05) is 6.07 Å². The smallest absolute Gasteiger partial charge is 0.313 e. The number of amides is 2. The molecule has 0 spiro atoms. The number of furan rings is 1. The Balaban J connectivity index is 1.64. The van der Waals surface area contributed by atoms with Crippen LogP contribution in [0.25, 0.3) is 5.69 Å². The predicted molar refractivity (Wildman–Crippen MR) is 83.1 cm³/mol. The molecule has 0 aliphatic rings. The van der Waals surface area contributed by atoms with E-state index in [0.29, 0.717) is 23.0 Å². The standard InChI is InChI=1S/C15H14N6O3/c1-10-18-19-20-21(10)12-5-2-4-11(8-12)17-15(23)14(22)16-9-13-6-3-7-24-13/h2-8H,9H2,1H3,(H,16,22)(H,17,23). The molecule has 0 bridgehead atoms. The van der Waals surface area contributed by atoms with Crippen molar-refractivity contribution in [3.63, 3.8) is 0 Å². The van der Waals surface area contributed by atoms with Crippen molar-refractivity contribution in [2.45, 2.75) is 13.5 Å². The molecule has 2 heterocycles. The third kappa shape index (κ3) is 3.46. The van der Waals surface area contributed by atoms with E-state index in [1.54, 1.807) is 43.3 Å². The van der Waals surface area contributed by atoms with Gasteiger partial charge in [0.05, 0.1) is 18.5 Å². The van der Waals surface area contributed by atoms with Crippen molar-refractivity contribution in [1.29, 1.82) is 0 Å². The first-order valence-corrected chi connectivity index (χ1v) is 7.10. The van der Waals surface area contributed by atoms with Crippen molar-refractivity contribution < 1.29 is 14.0 Å². The topological polar surface area (TPSA) is 115 Å². The summed E-state index contributed by atoms with van der Waals surface area (Å²) in [5, 5.41) is 16.2. The molecule has 9 nitrogen and oxygen atoms in total. The van der Waals surface area contributed by atoms with Crippen LogP contribution in [0.15, 0.2) is 47.1 Å². The Morgan fingerprint density at radius 1 is 1.21 bits per heavy atom. The lowest BCUT2D eigenvalue weighted by atomic mass is 10.2. The third-order valence-corrected chi connectivity index (χ3v) is 3.18. The Labute approximate surface area is 136 Å². The molecule has 0 aliphatic carbocycles. The zero-order valence-electron chi connectivity index (χ0n) is 12.8. The van der Waals surface area contributed by atoms with Gasteiger partial charge in [-0.2, -0.15) is 4.68 Å². The summed E-state index contributed by atoms with van der Waals surface area (Å²) in [6.07, 6.45) is 1.49. The number of hydrogen-bond donors (Lipinski definition) is 2. The number of tetrazole rings is 1. The van der Waals surface area contributed by atoms with Gasteiger partial charge in [0.1, 0.15) is 5.76 Å². The highest BCUT2D eigenvalue weighted by Crippen LogP contribution is 2.14. The van der Waals surface area contributed by atoms with Crippen molar-refractivity contribution in [1.82, 2.24) is 25.5 Å². The average molecular weight is 326 g/mol. The van der Waals surface area contributed by atoms with Crippen LogP contribution in [0.3, 0.4) is 0 Å². The van der Waals surface area contributed by atoms with Gasteiger partial charge < -0.3 is 15.1 Å². The Morgan fingerprint density at radius 3 is 2.79 bits per heavy atom. The van der Waals surface area contributed by atoms with E-state index in [0.717, 1.165) is 0 Å². The van der Waals surface area contributed by atoms with Gasteiger partial charge in [-0.3, -0.25) is 9.59 Å². The molecule has 0 saturated carbocycles. The number of aromatic nitrogens is 4. The average Bonchev–Trinajstić information content (AvgIpc) is 3.24. The van der Waals surface area contributed by atoms with Gasteiger partial charge in [-0.05, 0) is 47.7 Å². The highest BCUT2D eigenvalue weighted by molar-refractivity contribution is 6.39. The number of nitrogens with zero attached hydrogens (tertiary/aromatic N) is 4. The van der Waals surface area contributed by atoms with E-state index >= 15 is 0 Å². The van der Waals surface area contributed by atoms with E-state index in [2.05, 4.69) is 26.2 Å². The normalized spacial score (nSPS) is 10.4. The maximum absolute atomic E-state index is 11.9. The summed E-state index contributed by atoms with van der Waals surface area (Å²) in [6.45, 7) is 1.90. The number of anilines is 1. The molecule has 0 saturated heterocycles. The minimum atomic E-state index is -0.771. The van der Waals surface area contributed by atoms with Crippen LogP contribution >= 0.6 is 0 Å². The molecule has 0 atom stereocenters. The first-order chi connectivity index (χ1) is 11.6. The number of hydrogen-bond acceptors (Lipinski definition) is 6. The molecule has 24 heavy (non-hydrogen) atoms. The molecule has 9 heteroatoms. The fourth-order valence-electron chi connectivity index (χ4n) is 2.03. The molecule has 1 aromatic carbocycles. The van der Waals surface area contributed by atoms with Crippen LogP contribution in [0.4, 0.5) is 5.69 Å². The summed E-state index contributed by atoms with van der Waals surface area (Å²) < 4.78 is 6.60. The zero-order chi connectivity index (χ0) is 16.9. The number of carbonyl (C=O) groups is 2. The number of benzene rings is 1. The summed E-state index contributed by atoms with van der Waals surface area (Å²) >= 11 is 0. The molecule has 2 N–H and O–H groups in total. The van der Waals surface area contributed by atoms with E-state index in [4.69, 9.17) is 4.42 Å². The van der Waals surface area contributed by atoms with E-state index in [9.17, 15) is 9.59 Å². The molecule has 122 valence electrons. The Bertz CT molecular complexity index is 856.